The Kier molecular flexibility index (Phi) is 7.92. The van der Waals surface area contributed by atoms with Crippen LogP contribution in [0.1, 0.15) is 25.0 Å². The highest BCUT2D eigenvalue weighted by atomic mass is 14.9. The number of rotatable bonds is 5. The second-order valence-electron chi connectivity index (χ2n) is 16.9. The summed E-state index contributed by atoms with van der Waals surface area (Å²) in [4.78, 5) is 10.6. The van der Waals surface area contributed by atoms with Gasteiger partial charge in [0.1, 0.15) is 0 Å². The van der Waals surface area contributed by atoms with E-state index in [0.29, 0.717) is 5.82 Å². The molecule has 0 saturated heterocycles. The quantitative estimate of drug-likeness (QED) is 0.174. The molecule has 0 unspecified atom stereocenters. The fourth-order valence-electron chi connectivity index (χ4n) is 9.92. The van der Waals surface area contributed by atoms with Crippen LogP contribution in [0.3, 0.4) is 0 Å². The maximum atomic E-state index is 5.30. The van der Waals surface area contributed by atoms with Crippen molar-refractivity contribution in [3.8, 4) is 67.3 Å². The van der Waals surface area contributed by atoms with Crippen LogP contribution in [0.25, 0.3) is 110 Å². The van der Waals surface area contributed by atoms with E-state index >= 15 is 0 Å². The van der Waals surface area contributed by atoms with Gasteiger partial charge in [-0.25, -0.2) is 9.97 Å². The van der Waals surface area contributed by atoms with Crippen molar-refractivity contribution in [2.75, 3.05) is 0 Å². The lowest BCUT2D eigenvalue weighted by Gasteiger charge is -2.22. The minimum absolute atomic E-state index is 0.109. The smallest absolute Gasteiger partial charge is 0.161 e. The SMILES string of the molecule is CC1(C)c2cc(-c3ccc(-c4ccc(-c5nc(-c6ccccc6)cc(-c6ccc7ccccc7c6)n5)c5ccccc45)c4ccccc34)ccc2-c2cc3ccccc3cc21. The van der Waals surface area contributed by atoms with Crippen molar-refractivity contribution in [1.29, 1.82) is 0 Å². The highest BCUT2D eigenvalue weighted by molar-refractivity contribution is 6.12. The molecule has 286 valence electrons. The average Bonchev–Trinajstić information content (AvgIpc) is 3.54. The number of hydrogen-bond acceptors (Lipinski definition) is 2. The topological polar surface area (TPSA) is 25.8 Å². The van der Waals surface area contributed by atoms with Gasteiger partial charge in [0.2, 0.25) is 0 Å². The van der Waals surface area contributed by atoms with Crippen molar-refractivity contribution in [1.82, 2.24) is 9.97 Å². The molecule has 1 aromatic heterocycles. The summed E-state index contributed by atoms with van der Waals surface area (Å²) < 4.78 is 0. The molecular weight excluding hydrogens is 737 g/mol. The molecule has 1 heterocycles. The van der Waals surface area contributed by atoms with Crippen molar-refractivity contribution in [3.63, 3.8) is 0 Å². The number of aromatic nitrogens is 2. The van der Waals surface area contributed by atoms with Crippen LogP contribution in [0, 0.1) is 0 Å². The molecule has 0 aliphatic heterocycles. The fourth-order valence-corrected chi connectivity index (χ4v) is 9.92. The van der Waals surface area contributed by atoms with Crippen molar-refractivity contribution >= 4 is 43.1 Å². The van der Waals surface area contributed by atoms with Crippen molar-refractivity contribution in [3.05, 3.63) is 217 Å². The molecule has 0 amide bonds. The van der Waals surface area contributed by atoms with E-state index in [1.807, 2.05) is 6.07 Å². The first-order valence-corrected chi connectivity index (χ1v) is 21.1. The minimum atomic E-state index is -0.109. The van der Waals surface area contributed by atoms with Crippen LogP contribution in [-0.4, -0.2) is 9.97 Å². The Morgan fingerprint density at radius 2 is 0.770 bits per heavy atom. The lowest BCUT2D eigenvalue weighted by atomic mass is 9.80. The van der Waals surface area contributed by atoms with Crippen LogP contribution in [-0.2, 0) is 5.41 Å². The van der Waals surface area contributed by atoms with E-state index in [4.69, 9.17) is 9.97 Å². The van der Waals surface area contributed by atoms with E-state index in [1.165, 1.54) is 82.2 Å². The zero-order chi connectivity index (χ0) is 40.7. The highest BCUT2D eigenvalue weighted by Gasteiger charge is 2.36. The summed E-state index contributed by atoms with van der Waals surface area (Å²) in [6.45, 7) is 4.75. The molecule has 0 fully saturated rings. The summed E-state index contributed by atoms with van der Waals surface area (Å²) in [5.41, 5.74) is 15.2. The molecule has 61 heavy (non-hydrogen) atoms. The Bertz CT molecular complexity index is 3560. The predicted octanol–water partition coefficient (Wildman–Crippen LogP) is 15.7. The molecule has 1 aliphatic rings. The molecule has 0 saturated carbocycles. The van der Waals surface area contributed by atoms with Gasteiger partial charge in [-0.2, -0.15) is 0 Å². The van der Waals surface area contributed by atoms with Crippen LogP contribution < -0.4 is 0 Å². The van der Waals surface area contributed by atoms with Crippen molar-refractivity contribution in [2.24, 2.45) is 0 Å². The number of fused-ring (bicyclic) bond motifs is 7. The Labute approximate surface area is 355 Å². The van der Waals surface area contributed by atoms with Gasteiger partial charge in [-0.1, -0.05) is 184 Å². The molecule has 0 spiro atoms. The lowest BCUT2D eigenvalue weighted by molar-refractivity contribution is 0.661. The summed E-state index contributed by atoms with van der Waals surface area (Å²) in [6, 6.07) is 75.0. The van der Waals surface area contributed by atoms with Crippen LogP contribution in [0.5, 0.6) is 0 Å². The van der Waals surface area contributed by atoms with E-state index in [0.717, 1.165) is 33.5 Å². The third-order valence-electron chi connectivity index (χ3n) is 13.1. The lowest BCUT2D eigenvalue weighted by Crippen LogP contribution is -2.15. The summed E-state index contributed by atoms with van der Waals surface area (Å²) in [7, 11) is 0. The van der Waals surface area contributed by atoms with Gasteiger partial charge < -0.3 is 0 Å². The molecular formula is C59H40N2. The number of hydrogen-bond donors (Lipinski definition) is 0. The van der Waals surface area contributed by atoms with E-state index in [1.54, 1.807) is 0 Å². The van der Waals surface area contributed by atoms with E-state index in [-0.39, 0.29) is 5.41 Å². The molecule has 10 aromatic carbocycles. The Morgan fingerprint density at radius 3 is 1.46 bits per heavy atom. The largest absolute Gasteiger partial charge is 0.228 e. The third kappa shape index (κ3) is 5.71. The summed E-state index contributed by atoms with van der Waals surface area (Å²) in [6.07, 6.45) is 0. The van der Waals surface area contributed by atoms with Gasteiger partial charge in [0, 0.05) is 22.1 Å². The van der Waals surface area contributed by atoms with E-state index in [9.17, 15) is 0 Å². The first kappa shape index (κ1) is 35.3. The summed E-state index contributed by atoms with van der Waals surface area (Å²) >= 11 is 0. The monoisotopic (exact) mass is 776 g/mol. The van der Waals surface area contributed by atoms with Gasteiger partial charge in [-0.3, -0.25) is 0 Å². The van der Waals surface area contributed by atoms with E-state index in [2.05, 4.69) is 214 Å². The number of benzene rings is 10. The van der Waals surface area contributed by atoms with E-state index < -0.39 is 0 Å². The zero-order valence-electron chi connectivity index (χ0n) is 34.0. The normalized spacial score (nSPS) is 12.9. The Hall–Kier alpha value is -7.68. The molecule has 0 radical (unpaired) electrons. The molecule has 0 N–H and O–H groups in total. The maximum Gasteiger partial charge on any atom is 0.161 e. The standard InChI is InChI=1S/C59H40N2/c1-59(2)54-35-42(26-27-51(54)53-33-40-18-8-9-19-41(40)34-55(53)59)44-28-29-49(46-21-11-10-20-45(44)46)50-30-31-52(48-23-13-12-22-47(48)50)58-60-56(38-15-4-3-5-16-38)36-57(61-58)43-25-24-37-14-6-7-17-39(37)32-43/h3-36H,1-2H3. The molecule has 12 rings (SSSR count). The third-order valence-corrected chi connectivity index (χ3v) is 13.1. The predicted molar refractivity (Wildman–Crippen MR) is 257 cm³/mol. The fraction of sp³-hybridized carbons (Fsp3) is 0.0508. The van der Waals surface area contributed by atoms with Gasteiger partial charge in [-0.05, 0) is 124 Å². The summed E-state index contributed by atoms with van der Waals surface area (Å²) in [5, 5.41) is 9.74. The van der Waals surface area contributed by atoms with Crippen molar-refractivity contribution < 1.29 is 0 Å². The number of nitrogens with zero attached hydrogens (tertiary/aromatic N) is 2. The summed E-state index contributed by atoms with van der Waals surface area (Å²) in [5.74, 6) is 0.710. The minimum Gasteiger partial charge on any atom is -0.228 e. The van der Waals surface area contributed by atoms with Crippen LogP contribution in [0.4, 0.5) is 0 Å². The second kappa shape index (κ2) is 13.7. The highest BCUT2D eigenvalue weighted by Crippen LogP contribution is 2.51. The second-order valence-corrected chi connectivity index (χ2v) is 16.9. The van der Waals surface area contributed by atoms with Crippen LogP contribution in [0.15, 0.2) is 206 Å². The zero-order valence-corrected chi connectivity index (χ0v) is 34.0. The molecule has 2 nitrogen and oxygen atoms in total. The first-order chi connectivity index (χ1) is 30.0. The molecule has 0 atom stereocenters. The molecule has 1 aliphatic carbocycles. The van der Waals surface area contributed by atoms with Gasteiger partial charge in [0.15, 0.2) is 5.82 Å². The van der Waals surface area contributed by atoms with Crippen molar-refractivity contribution in [2.45, 2.75) is 19.3 Å². The van der Waals surface area contributed by atoms with Gasteiger partial charge in [0.25, 0.3) is 0 Å². The maximum absolute atomic E-state index is 5.30. The Balaban J connectivity index is 0.988. The van der Waals surface area contributed by atoms with Gasteiger partial charge >= 0.3 is 0 Å². The van der Waals surface area contributed by atoms with Gasteiger partial charge in [-0.15, -0.1) is 0 Å². The van der Waals surface area contributed by atoms with Crippen LogP contribution >= 0.6 is 0 Å². The molecule has 11 aromatic rings. The molecule has 2 heteroatoms. The first-order valence-electron chi connectivity index (χ1n) is 21.1. The molecule has 0 bridgehead atoms. The Morgan fingerprint density at radius 1 is 0.295 bits per heavy atom. The van der Waals surface area contributed by atoms with Crippen LogP contribution in [0.2, 0.25) is 0 Å². The van der Waals surface area contributed by atoms with Gasteiger partial charge in [0.05, 0.1) is 11.4 Å². The average molecular weight is 777 g/mol.